The average molecular weight is 399 g/mol. The highest BCUT2D eigenvalue weighted by molar-refractivity contribution is 6.36. The molecule has 0 atom stereocenters. The van der Waals surface area contributed by atoms with Gasteiger partial charge in [-0.3, -0.25) is 19.5 Å². The predicted molar refractivity (Wildman–Crippen MR) is 115 cm³/mol. The Bertz CT molecular complexity index is 1090. The molecule has 0 N–H and O–H groups in total. The Kier molecular flexibility index (Phi) is 5.30. The molecule has 0 radical (unpaired) electrons. The van der Waals surface area contributed by atoms with Crippen LogP contribution < -0.4 is 9.64 Å². The number of benzene rings is 2. The zero-order valence-electron chi connectivity index (χ0n) is 16.8. The van der Waals surface area contributed by atoms with Gasteiger partial charge in [0.05, 0.1) is 19.2 Å². The van der Waals surface area contributed by atoms with Gasteiger partial charge in [-0.15, -0.1) is 0 Å². The monoisotopic (exact) mass is 399 g/mol. The normalized spacial score (nSPS) is 13.7. The maximum absolute atomic E-state index is 13.4. The van der Waals surface area contributed by atoms with E-state index in [0.717, 1.165) is 11.3 Å². The molecular weight excluding hydrogens is 378 g/mol. The molecule has 30 heavy (non-hydrogen) atoms. The van der Waals surface area contributed by atoms with Crippen LogP contribution in [0.5, 0.6) is 5.75 Å². The van der Waals surface area contributed by atoms with Crippen LogP contribution in [0.2, 0.25) is 0 Å². The number of anilines is 1. The number of aromatic nitrogens is 1. The zero-order valence-corrected chi connectivity index (χ0v) is 16.8. The van der Waals surface area contributed by atoms with Crippen LogP contribution >= 0.6 is 0 Å². The van der Waals surface area contributed by atoms with E-state index in [2.05, 4.69) is 4.98 Å². The smallest absolute Gasteiger partial charge is 0.278 e. The Balaban J connectivity index is 1.79. The second kappa shape index (κ2) is 8.21. The van der Waals surface area contributed by atoms with Gasteiger partial charge in [0, 0.05) is 25.1 Å². The molecule has 1 aliphatic heterocycles. The van der Waals surface area contributed by atoms with Gasteiger partial charge in [-0.1, -0.05) is 30.3 Å². The number of imide groups is 1. The number of hydrogen-bond acceptors (Lipinski definition) is 5. The highest BCUT2D eigenvalue weighted by Gasteiger charge is 2.41. The highest BCUT2D eigenvalue weighted by atomic mass is 16.5. The van der Waals surface area contributed by atoms with Gasteiger partial charge in [-0.25, -0.2) is 0 Å². The second-order valence-corrected chi connectivity index (χ2v) is 6.90. The molecule has 3 aromatic rings. The Morgan fingerprint density at radius 1 is 0.900 bits per heavy atom. The lowest BCUT2D eigenvalue weighted by molar-refractivity contribution is -0.137. The van der Waals surface area contributed by atoms with Crippen molar-refractivity contribution in [1.29, 1.82) is 0 Å². The second-order valence-electron chi connectivity index (χ2n) is 6.90. The fraction of sp³-hybridized carbons (Fsp3) is 0.125. The Morgan fingerprint density at radius 3 is 2.20 bits per heavy atom. The number of likely N-dealkylation sites (N-methyl/N-ethyl adjacent to an activating group) is 1. The van der Waals surface area contributed by atoms with Crippen molar-refractivity contribution < 1.29 is 14.3 Å². The van der Waals surface area contributed by atoms with Gasteiger partial charge in [-0.2, -0.15) is 0 Å². The van der Waals surface area contributed by atoms with Crippen molar-refractivity contribution in [2.45, 2.75) is 6.54 Å². The Hall–Kier alpha value is -3.93. The summed E-state index contributed by atoms with van der Waals surface area (Å²) >= 11 is 0. The number of amides is 2. The Morgan fingerprint density at radius 2 is 1.57 bits per heavy atom. The number of pyridine rings is 1. The van der Waals surface area contributed by atoms with Crippen molar-refractivity contribution >= 4 is 23.1 Å². The number of hydrogen-bond donors (Lipinski definition) is 0. The molecular formula is C24H21N3O3. The third kappa shape index (κ3) is 3.55. The maximum Gasteiger partial charge on any atom is 0.278 e. The fourth-order valence-corrected chi connectivity index (χ4v) is 3.49. The van der Waals surface area contributed by atoms with Crippen molar-refractivity contribution in [1.82, 2.24) is 9.88 Å². The average Bonchev–Trinajstić information content (AvgIpc) is 3.04. The SMILES string of the molecule is COc1ccc(C2=C(N(C)c3ccccc3)C(=O)N(Cc3ccncc3)C2=O)cc1. The molecule has 2 heterocycles. The van der Waals surface area contributed by atoms with Gasteiger partial charge in [-0.05, 0) is 47.5 Å². The number of para-hydroxylation sites is 1. The highest BCUT2D eigenvalue weighted by Crippen LogP contribution is 2.34. The number of methoxy groups -OCH3 is 1. The molecule has 0 fully saturated rings. The predicted octanol–water partition coefficient (Wildman–Crippen LogP) is 3.51. The summed E-state index contributed by atoms with van der Waals surface area (Å²) in [4.78, 5) is 33.9. The van der Waals surface area contributed by atoms with E-state index in [1.54, 1.807) is 67.8 Å². The number of rotatable bonds is 6. The van der Waals surface area contributed by atoms with Crippen LogP contribution in [0.15, 0.2) is 84.8 Å². The molecule has 1 aliphatic rings. The summed E-state index contributed by atoms with van der Waals surface area (Å²) in [5.74, 6) is 0.0384. The molecule has 2 amide bonds. The minimum absolute atomic E-state index is 0.186. The lowest BCUT2D eigenvalue weighted by Gasteiger charge is -2.21. The summed E-state index contributed by atoms with van der Waals surface area (Å²) in [6.07, 6.45) is 3.30. The van der Waals surface area contributed by atoms with Crippen LogP contribution in [0.1, 0.15) is 11.1 Å². The number of carbonyl (C=O) groups is 2. The van der Waals surface area contributed by atoms with Gasteiger partial charge < -0.3 is 9.64 Å². The van der Waals surface area contributed by atoms with E-state index in [1.165, 1.54) is 4.90 Å². The molecule has 6 heteroatoms. The lowest BCUT2D eigenvalue weighted by Crippen LogP contribution is -2.33. The van der Waals surface area contributed by atoms with Crippen LogP contribution in [0.25, 0.3) is 5.57 Å². The van der Waals surface area contributed by atoms with E-state index < -0.39 is 0 Å². The molecule has 0 saturated carbocycles. The summed E-state index contributed by atoms with van der Waals surface area (Å²) in [6, 6.07) is 20.3. The summed E-state index contributed by atoms with van der Waals surface area (Å²) in [5, 5.41) is 0. The molecule has 0 spiro atoms. The zero-order chi connectivity index (χ0) is 21.1. The lowest BCUT2D eigenvalue weighted by atomic mass is 10.0. The first kappa shape index (κ1) is 19.4. The van der Waals surface area contributed by atoms with Crippen LogP contribution in [0.3, 0.4) is 0 Å². The van der Waals surface area contributed by atoms with Gasteiger partial charge in [0.15, 0.2) is 0 Å². The summed E-state index contributed by atoms with van der Waals surface area (Å²) in [5.41, 5.74) is 3.06. The van der Waals surface area contributed by atoms with Crippen molar-refractivity contribution in [2.24, 2.45) is 0 Å². The maximum atomic E-state index is 13.4. The molecule has 6 nitrogen and oxygen atoms in total. The van der Waals surface area contributed by atoms with E-state index in [1.807, 2.05) is 30.3 Å². The molecule has 2 aromatic carbocycles. The molecule has 150 valence electrons. The molecule has 0 unspecified atom stereocenters. The minimum atomic E-state index is -0.325. The number of ether oxygens (including phenoxy) is 1. The van der Waals surface area contributed by atoms with Gasteiger partial charge in [0.25, 0.3) is 11.8 Å². The summed E-state index contributed by atoms with van der Waals surface area (Å²) in [6.45, 7) is 0.186. The van der Waals surface area contributed by atoms with Crippen molar-refractivity contribution in [2.75, 3.05) is 19.1 Å². The largest absolute Gasteiger partial charge is 0.497 e. The van der Waals surface area contributed by atoms with Crippen molar-refractivity contribution in [3.8, 4) is 5.75 Å². The first-order valence-corrected chi connectivity index (χ1v) is 9.52. The Labute approximate surface area is 175 Å². The van der Waals surface area contributed by atoms with E-state index in [0.29, 0.717) is 22.6 Å². The third-order valence-corrected chi connectivity index (χ3v) is 5.09. The van der Waals surface area contributed by atoms with Crippen molar-refractivity contribution in [3.05, 3.63) is 95.9 Å². The molecule has 4 rings (SSSR count). The summed E-state index contributed by atoms with van der Waals surface area (Å²) < 4.78 is 5.23. The quantitative estimate of drug-likeness (QED) is 0.594. The summed E-state index contributed by atoms with van der Waals surface area (Å²) in [7, 11) is 3.39. The fourth-order valence-electron chi connectivity index (χ4n) is 3.49. The van der Waals surface area contributed by atoms with E-state index in [-0.39, 0.29) is 18.4 Å². The molecule has 0 aliphatic carbocycles. The number of nitrogens with zero attached hydrogens (tertiary/aromatic N) is 3. The van der Waals surface area contributed by atoms with E-state index >= 15 is 0 Å². The molecule has 1 aromatic heterocycles. The number of carbonyl (C=O) groups excluding carboxylic acids is 2. The van der Waals surface area contributed by atoms with Gasteiger partial charge in [0.2, 0.25) is 0 Å². The van der Waals surface area contributed by atoms with Crippen LogP contribution in [-0.4, -0.2) is 35.9 Å². The topological polar surface area (TPSA) is 62.7 Å². The van der Waals surface area contributed by atoms with Crippen LogP contribution in [-0.2, 0) is 16.1 Å². The van der Waals surface area contributed by atoms with Crippen LogP contribution in [0, 0.1) is 0 Å². The van der Waals surface area contributed by atoms with Gasteiger partial charge >= 0.3 is 0 Å². The standard InChI is InChI=1S/C24H21N3O3/c1-26(19-6-4-3-5-7-19)22-21(18-8-10-20(30-2)11-9-18)23(28)27(24(22)29)16-17-12-14-25-15-13-17/h3-15H,16H2,1-2H3. The first-order chi connectivity index (χ1) is 14.6. The molecule has 0 saturated heterocycles. The van der Waals surface area contributed by atoms with E-state index in [9.17, 15) is 9.59 Å². The van der Waals surface area contributed by atoms with Gasteiger partial charge in [0.1, 0.15) is 11.4 Å². The van der Waals surface area contributed by atoms with Crippen LogP contribution in [0.4, 0.5) is 5.69 Å². The minimum Gasteiger partial charge on any atom is -0.497 e. The van der Waals surface area contributed by atoms with Crippen molar-refractivity contribution in [3.63, 3.8) is 0 Å². The molecule has 0 bridgehead atoms. The third-order valence-electron chi connectivity index (χ3n) is 5.09. The van der Waals surface area contributed by atoms with E-state index in [4.69, 9.17) is 4.74 Å². The first-order valence-electron chi connectivity index (χ1n) is 9.52.